The van der Waals surface area contributed by atoms with Gasteiger partial charge in [0.1, 0.15) is 5.82 Å². The van der Waals surface area contributed by atoms with Crippen LogP contribution < -0.4 is 0 Å². The van der Waals surface area contributed by atoms with Gasteiger partial charge in [0.2, 0.25) is 0 Å². The van der Waals surface area contributed by atoms with Gasteiger partial charge in [0.25, 0.3) is 0 Å². The number of aryl methyl sites for hydroxylation is 1. The first-order valence-corrected chi connectivity index (χ1v) is 11.3. The molecule has 2 heteroatoms. The number of fused-ring (bicyclic) bond motifs is 1. The number of imidazole rings is 1. The molecule has 2 nitrogen and oxygen atoms in total. The number of aromatic nitrogens is 2. The van der Waals surface area contributed by atoms with Crippen LogP contribution in [0.4, 0.5) is 0 Å². The first kappa shape index (κ1) is 20.3. The number of H-pyrrole nitrogens is 1. The fourth-order valence-corrected chi connectivity index (χ4v) is 4.35. The lowest BCUT2D eigenvalue weighted by molar-refractivity contribution is 0.520. The van der Waals surface area contributed by atoms with Crippen LogP contribution >= 0.6 is 0 Å². The molecule has 0 saturated heterocycles. The van der Waals surface area contributed by atoms with Gasteiger partial charge in [0, 0.05) is 0 Å². The van der Waals surface area contributed by atoms with Crippen LogP contribution in [0.15, 0.2) is 97.1 Å². The molecule has 1 atom stereocenters. The Labute approximate surface area is 190 Å². The summed E-state index contributed by atoms with van der Waals surface area (Å²) < 4.78 is 0. The molecule has 0 radical (unpaired) electrons. The first-order chi connectivity index (χ1) is 15.6. The molecule has 5 aromatic rings. The van der Waals surface area contributed by atoms with E-state index in [1.54, 1.807) is 0 Å². The number of nitrogens with one attached hydrogen (secondary N) is 1. The Kier molecular flexibility index (Phi) is 5.14. The number of benzene rings is 4. The van der Waals surface area contributed by atoms with Crippen LogP contribution in [0.25, 0.3) is 33.3 Å². The van der Waals surface area contributed by atoms with E-state index in [0.717, 1.165) is 23.3 Å². The topological polar surface area (TPSA) is 28.7 Å². The summed E-state index contributed by atoms with van der Waals surface area (Å²) in [6, 6.07) is 34.7. The Morgan fingerprint density at radius 1 is 0.688 bits per heavy atom. The summed E-state index contributed by atoms with van der Waals surface area (Å²) >= 11 is 0. The van der Waals surface area contributed by atoms with Gasteiger partial charge in [-0.25, -0.2) is 4.98 Å². The molecule has 0 saturated carbocycles. The summed E-state index contributed by atoms with van der Waals surface area (Å²) in [5, 5.41) is 0. The van der Waals surface area contributed by atoms with E-state index < -0.39 is 0 Å². The molecule has 4 aromatic carbocycles. The van der Waals surface area contributed by atoms with Crippen molar-refractivity contribution in [1.82, 2.24) is 9.97 Å². The van der Waals surface area contributed by atoms with E-state index in [1.807, 2.05) is 12.1 Å². The van der Waals surface area contributed by atoms with E-state index in [4.69, 9.17) is 4.98 Å². The van der Waals surface area contributed by atoms with Crippen molar-refractivity contribution in [2.24, 2.45) is 0 Å². The van der Waals surface area contributed by atoms with Crippen molar-refractivity contribution >= 4 is 11.0 Å². The van der Waals surface area contributed by atoms with Crippen molar-refractivity contribution in [2.45, 2.75) is 32.6 Å². The highest BCUT2D eigenvalue weighted by Crippen LogP contribution is 2.35. The Hall–Kier alpha value is -3.65. The number of hydrogen-bond donors (Lipinski definition) is 1. The quantitative estimate of drug-likeness (QED) is 0.310. The van der Waals surface area contributed by atoms with Crippen molar-refractivity contribution in [3.63, 3.8) is 0 Å². The van der Waals surface area contributed by atoms with Gasteiger partial charge in [-0.05, 0) is 60.2 Å². The van der Waals surface area contributed by atoms with E-state index >= 15 is 0 Å². The number of hydrogen-bond acceptors (Lipinski definition) is 1. The lowest BCUT2D eigenvalue weighted by atomic mass is 9.79. The van der Waals surface area contributed by atoms with Crippen LogP contribution in [0.5, 0.6) is 0 Å². The molecule has 32 heavy (non-hydrogen) atoms. The minimum absolute atomic E-state index is 0.160. The summed E-state index contributed by atoms with van der Waals surface area (Å²) in [6.07, 6.45) is 0.970. The summed E-state index contributed by atoms with van der Waals surface area (Å²) in [5.74, 6) is 1.02. The largest absolute Gasteiger partial charge is 0.341 e. The van der Waals surface area contributed by atoms with Crippen molar-refractivity contribution in [1.29, 1.82) is 0 Å². The van der Waals surface area contributed by atoms with E-state index in [-0.39, 0.29) is 5.41 Å². The van der Waals surface area contributed by atoms with Gasteiger partial charge in [-0.3, -0.25) is 0 Å². The third-order valence-corrected chi connectivity index (χ3v) is 6.74. The van der Waals surface area contributed by atoms with E-state index in [1.165, 1.54) is 33.4 Å². The lowest BCUT2D eigenvalue weighted by Gasteiger charge is -2.27. The molecule has 1 unspecified atom stereocenters. The maximum Gasteiger partial charge on any atom is 0.117 e. The molecule has 0 aliphatic rings. The molecule has 158 valence electrons. The van der Waals surface area contributed by atoms with Crippen molar-refractivity contribution < 1.29 is 0 Å². The molecule has 1 aromatic heterocycles. The zero-order chi connectivity index (χ0) is 22.1. The van der Waals surface area contributed by atoms with Crippen LogP contribution in [0.2, 0.25) is 0 Å². The van der Waals surface area contributed by atoms with Crippen LogP contribution in [0, 0.1) is 6.92 Å². The van der Waals surface area contributed by atoms with E-state index in [0.29, 0.717) is 0 Å². The molecular formula is C30H28N2. The minimum Gasteiger partial charge on any atom is -0.341 e. The van der Waals surface area contributed by atoms with Gasteiger partial charge in [-0.1, -0.05) is 97.4 Å². The molecule has 0 spiro atoms. The monoisotopic (exact) mass is 416 g/mol. The second-order valence-corrected chi connectivity index (χ2v) is 8.81. The predicted molar refractivity (Wildman–Crippen MR) is 135 cm³/mol. The number of nitrogens with zero attached hydrogens (tertiary/aromatic N) is 1. The van der Waals surface area contributed by atoms with E-state index in [2.05, 4.69) is 111 Å². The number of aromatic amines is 1. The maximum absolute atomic E-state index is 4.90. The molecule has 0 amide bonds. The van der Waals surface area contributed by atoms with Crippen LogP contribution in [0.1, 0.15) is 37.2 Å². The Balaban J connectivity index is 1.43. The molecule has 1 heterocycles. The molecule has 0 aliphatic carbocycles. The van der Waals surface area contributed by atoms with Gasteiger partial charge in [-0.15, -0.1) is 0 Å². The average Bonchev–Trinajstić information content (AvgIpc) is 3.29. The highest BCUT2D eigenvalue weighted by molar-refractivity contribution is 5.75. The van der Waals surface area contributed by atoms with E-state index in [9.17, 15) is 0 Å². The van der Waals surface area contributed by atoms with Gasteiger partial charge >= 0.3 is 0 Å². The summed E-state index contributed by atoms with van der Waals surface area (Å²) in [6.45, 7) is 6.62. The second-order valence-electron chi connectivity index (χ2n) is 8.81. The summed E-state index contributed by atoms with van der Waals surface area (Å²) in [7, 11) is 0. The fourth-order valence-electron chi connectivity index (χ4n) is 4.35. The maximum atomic E-state index is 4.90. The van der Waals surface area contributed by atoms with Gasteiger partial charge in [-0.2, -0.15) is 0 Å². The van der Waals surface area contributed by atoms with Gasteiger partial charge in [0.05, 0.1) is 16.4 Å². The third kappa shape index (κ3) is 3.62. The van der Waals surface area contributed by atoms with Gasteiger partial charge < -0.3 is 4.98 Å². The molecule has 0 aliphatic heterocycles. The molecule has 5 rings (SSSR count). The lowest BCUT2D eigenvalue weighted by Crippen LogP contribution is -2.24. The molecule has 0 fully saturated rings. The number of rotatable bonds is 5. The summed E-state index contributed by atoms with van der Waals surface area (Å²) in [5.41, 5.74) is 9.47. The Morgan fingerprint density at radius 2 is 1.19 bits per heavy atom. The van der Waals surface area contributed by atoms with Crippen molar-refractivity contribution in [3.05, 3.63) is 114 Å². The standard InChI is InChI=1S/C30H28N2/c1-4-30(3,29-31-27-7-5-6-8-28(27)32-29)26-19-17-25(18-20-26)24-15-13-23(14-16-24)22-11-9-21(2)10-12-22/h5-20H,4H2,1-3H3,(H,31,32). The first-order valence-electron chi connectivity index (χ1n) is 11.3. The van der Waals surface area contributed by atoms with Gasteiger partial charge in [0.15, 0.2) is 0 Å². The van der Waals surface area contributed by atoms with Crippen LogP contribution in [0.3, 0.4) is 0 Å². The minimum atomic E-state index is -0.160. The van der Waals surface area contributed by atoms with Crippen LogP contribution in [-0.4, -0.2) is 9.97 Å². The normalized spacial score (nSPS) is 13.2. The smallest absolute Gasteiger partial charge is 0.117 e. The molecule has 0 bridgehead atoms. The highest BCUT2D eigenvalue weighted by atomic mass is 14.9. The average molecular weight is 417 g/mol. The SMILES string of the molecule is CCC(C)(c1ccc(-c2ccc(-c3ccc(C)cc3)cc2)cc1)c1nc2ccccc2[nH]1. The Morgan fingerprint density at radius 3 is 1.72 bits per heavy atom. The number of para-hydroxylation sites is 2. The zero-order valence-electron chi connectivity index (χ0n) is 18.9. The highest BCUT2D eigenvalue weighted by Gasteiger charge is 2.30. The van der Waals surface area contributed by atoms with Crippen LogP contribution in [-0.2, 0) is 5.41 Å². The molecular weight excluding hydrogens is 388 g/mol. The summed E-state index contributed by atoms with van der Waals surface area (Å²) in [4.78, 5) is 8.45. The second kappa shape index (κ2) is 8.12. The molecule has 1 N–H and O–H groups in total. The predicted octanol–water partition coefficient (Wildman–Crippen LogP) is 7.92. The van der Waals surface area contributed by atoms with Crippen molar-refractivity contribution in [2.75, 3.05) is 0 Å². The zero-order valence-corrected chi connectivity index (χ0v) is 18.9. The third-order valence-electron chi connectivity index (χ3n) is 6.74. The Bertz CT molecular complexity index is 1310. The fraction of sp³-hybridized carbons (Fsp3) is 0.167. The van der Waals surface area contributed by atoms with Crippen molar-refractivity contribution in [3.8, 4) is 22.3 Å².